The second kappa shape index (κ2) is 16.0. The summed E-state index contributed by atoms with van der Waals surface area (Å²) in [4.78, 5) is 108. The van der Waals surface area contributed by atoms with Crippen LogP contribution in [0, 0.1) is 47.3 Å². The second-order valence-electron chi connectivity index (χ2n) is 14.9. The molecule has 6 radical (unpaired) electrons. The van der Waals surface area contributed by atoms with Gasteiger partial charge in [0.15, 0.2) is 0 Å². The van der Waals surface area contributed by atoms with Gasteiger partial charge in [0.05, 0.1) is 35.5 Å². The maximum atomic E-state index is 14.2. The van der Waals surface area contributed by atoms with Crippen molar-refractivity contribution in [3.05, 3.63) is 0 Å². The van der Waals surface area contributed by atoms with E-state index in [4.69, 9.17) is 32.2 Å². The molecule has 0 aromatic rings. The Morgan fingerprint density at radius 3 is 1.45 bits per heavy atom. The number of halogens is 3. The molecule has 4 aliphatic rings. The van der Waals surface area contributed by atoms with Gasteiger partial charge in [-0.2, -0.15) is 0 Å². The molecule has 4 aliphatic heterocycles. The fourth-order valence-corrected chi connectivity index (χ4v) is 14.5. The minimum atomic E-state index is -1.50. The maximum absolute atomic E-state index is 14.2. The van der Waals surface area contributed by atoms with E-state index in [-0.39, 0.29) is 25.9 Å². The van der Waals surface area contributed by atoms with E-state index >= 15 is 0 Å². The predicted octanol–water partition coefficient (Wildman–Crippen LogP) is 4.70. The highest BCUT2D eigenvalue weighted by Gasteiger charge is 2.61. The molecule has 51 heavy (non-hydrogen) atoms. The molecule has 0 aromatic heterocycles. The Balaban J connectivity index is 1.55. The van der Waals surface area contributed by atoms with Crippen LogP contribution >= 0.6 is 82.5 Å². The lowest BCUT2D eigenvalue weighted by Crippen LogP contribution is -2.46. The monoisotopic (exact) mass is 1090 g/mol. The number of hydrogen-bond acceptors (Lipinski definition) is 10. The Bertz CT molecular complexity index is 1560. The van der Waals surface area contributed by atoms with Crippen molar-refractivity contribution in [1.29, 1.82) is 0 Å². The first-order valence-electron chi connectivity index (χ1n) is 16.2. The Hall–Kier alpha value is 0.235. The van der Waals surface area contributed by atoms with Crippen molar-refractivity contribution in [3.8, 4) is 0 Å². The Morgan fingerprint density at radius 1 is 0.549 bits per heavy atom. The van der Waals surface area contributed by atoms with Crippen LogP contribution in [0.25, 0.3) is 0 Å². The number of rotatable bonds is 13. The van der Waals surface area contributed by atoms with Crippen molar-refractivity contribution in [1.82, 2.24) is 9.80 Å². The van der Waals surface area contributed by atoms with Crippen LogP contribution in [0.15, 0.2) is 0 Å². The largest absolute Gasteiger partial charge is 0.393 e. The molecule has 4 fully saturated rings. The zero-order valence-electron chi connectivity index (χ0n) is 29.1. The fraction of sp³-hybridized carbons (Fsp3) is 0.733. The molecule has 0 aromatic carbocycles. The normalized spacial score (nSPS) is 34.5. The zero-order chi connectivity index (χ0) is 38.9. The highest BCUT2D eigenvalue weighted by atomic mass is 127. The van der Waals surface area contributed by atoms with Gasteiger partial charge in [-0.25, -0.2) is 0 Å². The number of carbonyl (C=O) groups is 8. The molecule has 21 heteroatoms. The molecule has 0 spiro atoms. The number of nitrogens with zero attached hydrogens (tertiary/aromatic N) is 2. The predicted molar refractivity (Wildman–Crippen MR) is 221 cm³/mol. The van der Waals surface area contributed by atoms with Crippen molar-refractivity contribution in [2.75, 3.05) is 13.1 Å². The first-order chi connectivity index (χ1) is 23.4. The molecule has 4 heterocycles. The van der Waals surface area contributed by atoms with Crippen LogP contribution < -0.4 is 0 Å². The molecular weight excluding hydrogens is 1050 g/mol. The van der Waals surface area contributed by atoms with E-state index in [1.54, 1.807) is 48.5 Å². The molecule has 13 atom stereocenters. The summed E-state index contributed by atoms with van der Waals surface area (Å²) in [5.74, 6) is -11.7. The quantitative estimate of drug-likeness (QED) is 0.0632. The van der Waals surface area contributed by atoms with E-state index in [2.05, 4.69) is 22.0 Å². The molecule has 12 nitrogen and oxygen atoms in total. The molecule has 0 saturated carbocycles. The minimum Gasteiger partial charge on any atom is -0.393 e. The van der Waals surface area contributed by atoms with Crippen molar-refractivity contribution >= 4 is 153 Å². The summed E-state index contributed by atoms with van der Waals surface area (Å²) in [7, 11) is 19.3. The van der Waals surface area contributed by atoms with Gasteiger partial charge in [-0.15, -0.1) is 0 Å². The van der Waals surface area contributed by atoms with Gasteiger partial charge < -0.3 is 9.47 Å². The van der Waals surface area contributed by atoms with Crippen LogP contribution in [-0.4, -0.2) is 109 Å². The first kappa shape index (κ1) is 44.0. The molecule has 0 N–H and O–H groups in total. The van der Waals surface area contributed by atoms with Crippen LogP contribution in [0.1, 0.15) is 61.3 Å². The van der Waals surface area contributed by atoms with Gasteiger partial charge in [0.25, 0.3) is 0 Å². The van der Waals surface area contributed by atoms with E-state index in [1.807, 2.05) is 44.1 Å². The van der Waals surface area contributed by atoms with Crippen LogP contribution in [0.3, 0.4) is 0 Å². The third-order valence-electron chi connectivity index (χ3n) is 11.5. The summed E-state index contributed by atoms with van der Waals surface area (Å²) >= 11 is 6.10. The molecule has 13 unspecified atom stereocenters. The Labute approximate surface area is 344 Å². The summed E-state index contributed by atoms with van der Waals surface area (Å²) in [5, 5.41) is -2.88. The van der Waals surface area contributed by atoms with E-state index in [0.717, 1.165) is 9.80 Å². The second-order valence-corrected chi connectivity index (χ2v) is 29.3. The number of hydrogen-bond donors (Lipinski definition) is 0. The highest BCUT2D eigenvalue weighted by molar-refractivity contribution is 14.2. The number of imide groups is 2. The Kier molecular flexibility index (Phi) is 13.8. The third-order valence-corrected chi connectivity index (χ3v) is 26.1. The Morgan fingerprint density at radius 2 is 0.980 bits per heavy atom. The van der Waals surface area contributed by atoms with Gasteiger partial charge in [0.2, 0.25) is 23.6 Å². The smallest absolute Gasteiger partial charge is 0.318 e. The summed E-state index contributed by atoms with van der Waals surface area (Å²) in [6.45, 7) is 11.4. The molecule has 4 rings (SSSR count). The van der Waals surface area contributed by atoms with E-state index in [9.17, 15) is 38.4 Å². The number of cyclic esters (lactones) is 4. The summed E-state index contributed by atoms with van der Waals surface area (Å²) in [6, 6.07) is 0. The molecule has 4 amide bonds. The topological polar surface area (TPSA) is 162 Å². The fourth-order valence-electron chi connectivity index (χ4n) is 8.16. The molecule has 272 valence electrons. The van der Waals surface area contributed by atoms with Gasteiger partial charge >= 0.3 is 23.9 Å². The number of amides is 4. The van der Waals surface area contributed by atoms with Crippen LogP contribution in [-0.2, 0) is 47.8 Å². The maximum Gasteiger partial charge on any atom is 0.318 e. The zero-order valence-corrected chi connectivity index (χ0v) is 38.3. The number of likely N-dealkylation sites (tertiary alicyclic amines) is 2. The SMILES string of the molecule is [B]P(I)C(C)(C)C1C(=O)OC(=O)C1CC(C)(C1C(=O)N(CCN2C(=O)C(C)C(CC(C)(C3C(=O)OC(=O)C3C)P([B])I)C2=O)C(=O)C1C)P([B])I. The van der Waals surface area contributed by atoms with Gasteiger partial charge in [0, 0.05) is 35.2 Å². The standard InChI is InChI=1S/C30H37B3I3N2O10P3/c1-12-15(10-30(7,51(33)36)18-14(3)24(43)47-26(18)45)22(41)37(20(12)39)8-9-38-21(40)13(2)17(23(38)42)29(6,50(32)35)11-16-19(27(46)48-25(16)44)28(4,5)49(31)34/h12-19H,8-11H2,1-7H3. The molecule has 4 saturated heterocycles. The van der Waals surface area contributed by atoms with Crippen molar-refractivity contribution in [2.24, 2.45) is 47.3 Å². The van der Waals surface area contributed by atoms with Crippen molar-refractivity contribution in [2.45, 2.75) is 76.8 Å². The lowest BCUT2D eigenvalue weighted by Gasteiger charge is -2.43. The summed E-state index contributed by atoms with van der Waals surface area (Å²) in [6.07, 6.45) is 0.0683. The first-order valence-corrected chi connectivity index (χ1v) is 28.8. The number of carbonyl (C=O) groups excluding carboxylic acids is 8. The lowest BCUT2D eigenvalue weighted by molar-refractivity contribution is -0.155. The van der Waals surface area contributed by atoms with E-state index in [1.165, 1.54) is 0 Å². The number of esters is 4. The van der Waals surface area contributed by atoms with Crippen LogP contribution in [0.4, 0.5) is 0 Å². The molecule has 0 aliphatic carbocycles. The van der Waals surface area contributed by atoms with Crippen molar-refractivity contribution in [3.63, 3.8) is 0 Å². The minimum absolute atomic E-state index is 0.0127. The lowest BCUT2D eigenvalue weighted by atomic mass is 9.74. The summed E-state index contributed by atoms with van der Waals surface area (Å²) in [5.41, 5.74) is -4.13. The van der Waals surface area contributed by atoms with Gasteiger partial charge in [-0.05, 0) is 18.0 Å². The number of ether oxygens (including phenoxy) is 2. The van der Waals surface area contributed by atoms with E-state index in [0.29, 0.717) is 0 Å². The van der Waals surface area contributed by atoms with Crippen molar-refractivity contribution < 1.29 is 47.8 Å². The van der Waals surface area contributed by atoms with Gasteiger partial charge in [0.1, 0.15) is 22.7 Å². The van der Waals surface area contributed by atoms with Crippen LogP contribution in [0.2, 0.25) is 0 Å². The average Bonchev–Trinajstić information content (AvgIpc) is 3.61. The third kappa shape index (κ3) is 7.70. The van der Waals surface area contributed by atoms with Gasteiger partial charge in [-0.1, -0.05) is 131 Å². The average molecular weight is 1090 g/mol. The highest BCUT2D eigenvalue weighted by Crippen LogP contribution is 2.65. The molecular formula is C30H37B3I3N2O10P3. The van der Waals surface area contributed by atoms with E-state index < -0.39 is 127 Å². The summed E-state index contributed by atoms with van der Waals surface area (Å²) < 4.78 is 9.97. The van der Waals surface area contributed by atoms with Gasteiger partial charge in [-0.3, -0.25) is 48.2 Å². The molecule has 0 bridgehead atoms. The van der Waals surface area contributed by atoms with Crippen LogP contribution in [0.5, 0.6) is 0 Å².